The number of aryl methyl sites for hydroxylation is 4. The normalized spacial score (nSPS) is 17.6. The molecule has 4 fully saturated rings. The Labute approximate surface area is 716 Å². The predicted molar refractivity (Wildman–Crippen MR) is 461 cm³/mol. The maximum atomic E-state index is 13.3. The van der Waals surface area contributed by atoms with Gasteiger partial charge in [-0.05, 0) is 191 Å². The minimum Gasteiger partial charge on any atom is -0.494 e. The van der Waals surface area contributed by atoms with E-state index in [1.807, 2.05) is 115 Å². The highest BCUT2D eigenvalue weighted by atomic mass is 35.5. The van der Waals surface area contributed by atoms with Crippen LogP contribution in [-0.4, -0.2) is 185 Å². The monoisotopic (exact) mass is 1710 g/mol. The van der Waals surface area contributed by atoms with Gasteiger partial charge in [0.05, 0.1) is 37.5 Å². The number of carboxylic acids is 1. The molecule has 4 aromatic carbocycles. The number of fused-ring (bicyclic) bond motifs is 6. The Kier molecular flexibility index (Phi) is 29.6. The number of aliphatic imine (C=N–C) groups is 2. The summed E-state index contributed by atoms with van der Waals surface area (Å²) in [5.74, 6) is 1.17. The molecule has 0 saturated carbocycles. The smallest absolute Gasteiger partial charge is 0.424 e. The Bertz CT molecular complexity index is 5130. The lowest BCUT2D eigenvalue weighted by molar-refractivity contribution is -0.150. The molecular weight excluding hydrogens is 1610 g/mol. The molecule has 33 heteroatoms. The molecule has 4 aromatic heterocycles. The maximum absolute atomic E-state index is 13.3. The number of aliphatic carboxylic acids is 1. The number of amides is 10. The van der Waals surface area contributed by atoms with Crippen molar-refractivity contribution < 1.29 is 62.5 Å². The van der Waals surface area contributed by atoms with E-state index in [0.717, 1.165) is 148 Å². The van der Waals surface area contributed by atoms with Gasteiger partial charge in [-0.15, -0.1) is 43.1 Å². The van der Waals surface area contributed by atoms with Gasteiger partial charge in [0.15, 0.2) is 11.6 Å². The van der Waals surface area contributed by atoms with Crippen LogP contribution in [0.15, 0.2) is 107 Å². The van der Waals surface area contributed by atoms with E-state index < -0.39 is 59.6 Å². The summed E-state index contributed by atoms with van der Waals surface area (Å²) in [6.07, 6.45) is 12.6. The average Bonchev–Trinajstić information content (AvgIpc) is 1.59. The van der Waals surface area contributed by atoms with Gasteiger partial charge in [-0.3, -0.25) is 63.0 Å². The second-order valence-corrected chi connectivity index (χ2v) is 34.8. The van der Waals surface area contributed by atoms with Crippen molar-refractivity contribution in [2.24, 2.45) is 15.7 Å². The molecule has 2 unspecified atom stereocenters. The molecule has 5 N–H and O–H groups in total. The number of nitrogens with zero attached hydrogens (tertiary/aromatic N) is 13. The van der Waals surface area contributed by atoms with E-state index in [1.165, 1.54) is 33.9 Å². The van der Waals surface area contributed by atoms with Crippen molar-refractivity contribution in [1.29, 1.82) is 0 Å². The number of ether oxygens (including phenoxy) is 3. The van der Waals surface area contributed by atoms with Gasteiger partial charge in [0.25, 0.3) is 5.91 Å². The van der Waals surface area contributed by atoms with Gasteiger partial charge >= 0.3 is 24.1 Å². The highest BCUT2D eigenvalue weighted by Crippen LogP contribution is 2.43. The number of aromatic nitrogens is 6. The standard InChI is InChI=1S/C41H47ClN8O5S.C27H40N4O6.C19H17ClN4O2S/c1-25-26(2)56-40-36(25)37(28-10-12-29(42)13-11-28)44-32(38-47-46-27(3)50(38)40)24-35(52)43-20-8-6-4-5-7-9-23-55-31-16-14-30(15-17-31)48-21-22-49(41(48)54)33-18-19-34(51)45-39(33)53;1-27(2,3)37-26(35)31-23(32)15-14-22(24(31)33)30-18-17-29(25(30)34)20-10-12-21(13-11-20)36-19-9-7-5-4-6-8-16-28;1-9-10(2)27-19-16(9)17(12-4-6-13(20)7-5-12)21-14(8-15(25)26)18-23-22-11(3)24(18)19/h10-17,32-33H,4-9,18-24H2,1-3H3,(H,43,52)(H,45,51,53);10-13,22H,4-9,14-19,28H2,1-3H3;4-7,14H,8H2,1-3H3,(H,25,26)/t32-,33?;;14-/m0.0/s1. The topological polar surface area (TPSA) is 354 Å². The summed E-state index contributed by atoms with van der Waals surface area (Å²) >= 11 is 15.6. The zero-order valence-corrected chi connectivity index (χ0v) is 72.4. The average molecular weight is 1720 g/mol. The van der Waals surface area contributed by atoms with Crippen LogP contribution in [0.4, 0.5) is 25.8 Å². The van der Waals surface area contributed by atoms with Gasteiger partial charge < -0.3 is 40.2 Å². The summed E-state index contributed by atoms with van der Waals surface area (Å²) in [7, 11) is 0. The number of carbonyl (C=O) groups is 9. The molecule has 6 aliphatic heterocycles. The molecule has 4 saturated heterocycles. The van der Waals surface area contributed by atoms with E-state index in [4.69, 9.17) is 53.1 Å². The van der Waals surface area contributed by atoms with Gasteiger partial charge in [0, 0.05) is 99.0 Å². The molecule has 14 rings (SSSR count). The first-order valence-corrected chi connectivity index (χ1v) is 43.4. The Morgan fingerprint density at radius 2 is 1.00 bits per heavy atom. The van der Waals surface area contributed by atoms with Gasteiger partial charge in [-0.1, -0.05) is 98.8 Å². The Hall–Kier alpha value is -10.7. The zero-order chi connectivity index (χ0) is 85.6. The fourth-order valence-corrected chi connectivity index (χ4v) is 18.0. The summed E-state index contributed by atoms with van der Waals surface area (Å²) in [5, 5.41) is 35.5. The minimum atomic E-state index is -1.00. The van der Waals surface area contributed by atoms with Crippen LogP contribution in [0.25, 0.3) is 10.0 Å². The van der Waals surface area contributed by atoms with Crippen LogP contribution in [0.3, 0.4) is 0 Å². The SMILES string of the molecule is CC(C)(C)OC(=O)N1C(=O)CCC(N2CCN(c3ccc(OCCCCCCCCN)cc3)C2=O)C1=O.Cc1sc2c(c1C)C(c1ccc(Cl)cc1)=N[C@@H](CC(=O)NCCCCCCCCOc1ccc(N3CCN(C4CCC(=O)NC4=O)C3=O)cc1)c1nnc(C)n1-2.Cc1sc2c(c1C)C(c1ccc(Cl)cc1)=N[C@@H](CC(=O)O)c1nnc(C)n1-2. The summed E-state index contributed by atoms with van der Waals surface area (Å²) in [4.78, 5) is 132. The second kappa shape index (κ2) is 40.1. The van der Waals surface area contributed by atoms with Crippen LogP contribution in [0, 0.1) is 41.5 Å². The highest BCUT2D eigenvalue weighted by molar-refractivity contribution is 7.15. The van der Waals surface area contributed by atoms with Crippen molar-refractivity contribution in [3.05, 3.63) is 174 Å². The molecule has 4 atom stereocenters. The predicted octanol–water partition coefficient (Wildman–Crippen LogP) is 15.1. The van der Waals surface area contributed by atoms with Crippen LogP contribution in [-0.2, 0) is 33.5 Å². The van der Waals surface area contributed by atoms with E-state index in [0.29, 0.717) is 84.6 Å². The molecule has 0 radical (unpaired) electrons. The third-order valence-corrected chi connectivity index (χ3v) is 24.7. The molecule has 120 heavy (non-hydrogen) atoms. The molecule has 10 heterocycles. The minimum absolute atomic E-state index is 0.0147. The zero-order valence-electron chi connectivity index (χ0n) is 69.2. The molecule has 6 aliphatic rings. The lowest BCUT2D eigenvalue weighted by Crippen LogP contribution is -2.57. The molecule has 636 valence electrons. The molecular formula is C87H104Cl2N16O13S2. The number of benzene rings is 4. The Balaban J connectivity index is 0.000000177. The van der Waals surface area contributed by atoms with Gasteiger partial charge in [-0.2, -0.15) is 4.90 Å². The number of hydrogen-bond acceptors (Lipinski definition) is 21. The van der Waals surface area contributed by atoms with Crippen molar-refractivity contribution in [2.45, 2.75) is 208 Å². The summed E-state index contributed by atoms with van der Waals surface area (Å²) in [6.45, 7) is 21.4. The number of carboxylic acid groups (broad SMARTS) is 1. The second-order valence-electron chi connectivity index (χ2n) is 31.5. The van der Waals surface area contributed by atoms with Gasteiger partial charge in [0.2, 0.25) is 23.6 Å². The van der Waals surface area contributed by atoms with Crippen molar-refractivity contribution in [3.8, 4) is 21.5 Å². The van der Waals surface area contributed by atoms with Crippen LogP contribution >= 0.6 is 45.9 Å². The Morgan fingerprint density at radius 1 is 0.558 bits per heavy atom. The first kappa shape index (κ1) is 88.6. The quantitative estimate of drug-likeness (QED) is 0.0250. The maximum Gasteiger partial charge on any atom is 0.424 e. The molecule has 0 aliphatic carbocycles. The Morgan fingerprint density at radius 3 is 1.46 bits per heavy atom. The fraction of sp³-hybridized carbons (Fsp3) is 0.460. The summed E-state index contributed by atoms with van der Waals surface area (Å²) in [5.41, 5.74) is 13.9. The van der Waals surface area contributed by atoms with E-state index in [2.05, 4.69) is 63.3 Å². The third-order valence-electron chi connectivity index (χ3n) is 21.8. The number of unbranched alkanes of at least 4 members (excludes halogenated alkanes) is 10. The lowest BCUT2D eigenvalue weighted by atomic mass is 9.99. The highest BCUT2D eigenvalue weighted by Gasteiger charge is 2.48. The van der Waals surface area contributed by atoms with Gasteiger partial charge in [0.1, 0.15) is 62.9 Å². The summed E-state index contributed by atoms with van der Waals surface area (Å²) in [6, 6.07) is 26.7. The number of thiophene rings is 2. The van der Waals surface area contributed by atoms with Crippen molar-refractivity contribution in [1.82, 2.24) is 54.9 Å². The van der Waals surface area contributed by atoms with Crippen molar-refractivity contribution in [2.75, 3.05) is 62.3 Å². The number of nitrogens with two attached hydrogens (primary N) is 1. The third kappa shape index (κ3) is 21.2. The molecule has 0 bridgehead atoms. The number of imide groups is 4. The number of anilines is 2. The number of piperidine rings is 2. The number of halogens is 2. The number of likely N-dealkylation sites (tertiary alicyclic amines) is 1. The van der Waals surface area contributed by atoms with Crippen LogP contribution in [0.5, 0.6) is 11.5 Å². The number of urea groups is 2. The van der Waals surface area contributed by atoms with E-state index in [1.54, 1.807) is 58.1 Å². The summed E-state index contributed by atoms with van der Waals surface area (Å²) < 4.78 is 21.0. The number of carbonyl (C=O) groups excluding carboxylic acids is 8. The molecule has 8 aromatic rings. The lowest BCUT2D eigenvalue weighted by Gasteiger charge is -2.34. The van der Waals surface area contributed by atoms with Crippen molar-refractivity contribution >= 4 is 122 Å². The van der Waals surface area contributed by atoms with Crippen LogP contribution in [0.1, 0.15) is 215 Å². The number of rotatable bonds is 29. The van der Waals surface area contributed by atoms with E-state index >= 15 is 0 Å². The largest absolute Gasteiger partial charge is 0.494 e. The molecule has 0 spiro atoms. The molecule has 10 amide bonds. The van der Waals surface area contributed by atoms with E-state index in [9.17, 15) is 48.3 Å². The number of hydrogen-bond donors (Lipinski definition) is 4. The number of nitrogens with one attached hydrogen (secondary N) is 2. The molecule has 29 nitrogen and oxygen atoms in total. The fourth-order valence-electron chi connectivity index (χ4n) is 15.3. The van der Waals surface area contributed by atoms with Crippen LogP contribution < -0.4 is 35.6 Å². The van der Waals surface area contributed by atoms with Gasteiger partial charge in [-0.25, -0.2) is 14.4 Å². The first-order chi connectivity index (χ1) is 57.6. The first-order valence-electron chi connectivity index (χ1n) is 41.0. The van der Waals surface area contributed by atoms with Crippen LogP contribution in [0.2, 0.25) is 10.0 Å². The van der Waals surface area contributed by atoms with Crippen molar-refractivity contribution in [3.63, 3.8) is 0 Å². The van der Waals surface area contributed by atoms with E-state index in [-0.39, 0.29) is 56.0 Å².